The molecule has 6 rings (SSSR count). The van der Waals surface area contributed by atoms with E-state index >= 15 is 0 Å². The fraction of sp³-hybridized carbons (Fsp3) is 0.545. The minimum atomic E-state index is -4.02. The fourth-order valence-corrected chi connectivity index (χ4v) is 6.78. The molecule has 3 heterocycles. The van der Waals surface area contributed by atoms with Crippen molar-refractivity contribution in [3.63, 3.8) is 0 Å². The molecular weight excluding hydrogens is 451 g/mol. The number of anilines is 2. The van der Waals surface area contributed by atoms with Crippen molar-refractivity contribution in [2.75, 3.05) is 18.4 Å². The van der Waals surface area contributed by atoms with E-state index in [1.54, 1.807) is 0 Å². The average molecular weight is 477 g/mol. The van der Waals surface area contributed by atoms with Gasteiger partial charge in [0.15, 0.2) is 5.69 Å². The molecule has 2 bridgehead atoms. The maximum atomic E-state index is 14.9. The lowest BCUT2D eigenvalue weighted by Gasteiger charge is -2.30. The van der Waals surface area contributed by atoms with Crippen LogP contribution in [0.1, 0.15) is 58.4 Å². The monoisotopic (exact) mass is 476 g/mol. The van der Waals surface area contributed by atoms with Gasteiger partial charge in [-0.25, -0.2) is 9.11 Å². The number of benzene rings is 1. The number of rotatable bonds is 5. The van der Waals surface area contributed by atoms with Crippen LogP contribution < -0.4 is 10.0 Å². The summed E-state index contributed by atoms with van der Waals surface area (Å²) in [7, 11) is -4.02. The van der Waals surface area contributed by atoms with E-state index in [-0.39, 0.29) is 42.8 Å². The molecule has 0 spiro atoms. The first-order valence-corrected chi connectivity index (χ1v) is 12.9. The Labute approximate surface area is 190 Å². The van der Waals surface area contributed by atoms with Gasteiger partial charge in [0.05, 0.1) is 12.2 Å². The summed E-state index contributed by atoms with van der Waals surface area (Å²) < 4.78 is 54.7. The highest BCUT2D eigenvalue weighted by atomic mass is 32.2. The summed E-state index contributed by atoms with van der Waals surface area (Å²) in [4.78, 5) is 16.8. The van der Waals surface area contributed by atoms with Crippen molar-refractivity contribution in [1.29, 1.82) is 0 Å². The van der Waals surface area contributed by atoms with Gasteiger partial charge in [-0.3, -0.25) is 4.79 Å². The number of halogens is 1. The number of carbonyl (C=O) groups excluding carboxylic acids is 1. The number of nitrogens with one attached hydrogen (secondary N) is 2. The predicted octanol–water partition coefficient (Wildman–Crippen LogP) is 2.37. The summed E-state index contributed by atoms with van der Waals surface area (Å²) in [6.45, 7) is 0.455. The molecule has 2 aliphatic carbocycles. The molecule has 4 aliphatic rings. The number of morpholine rings is 1. The summed E-state index contributed by atoms with van der Waals surface area (Å²) in [5, 5.41) is 3.15. The van der Waals surface area contributed by atoms with Gasteiger partial charge >= 0.3 is 10.2 Å². The second-order valence-corrected chi connectivity index (χ2v) is 10.9. The van der Waals surface area contributed by atoms with Crippen molar-refractivity contribution in [2.45, 2.75) is 63.6 Å². The van der Waals surface area contributed by atoms with Crippen LogP contribution in [0.5, 0.6) is 0 Å². The van der Waals surface area contributed by atoms with Gasteiger partial charge in [-0.2, -0.15) is 17.7 Å². The number of nitrogens with zero attached hydrogens (tertiary/aromatic N) is 2. The van der Waals surface area contributed by atoms with E-state index in [4.69, 9.17) is 9.15 Å². The molecular formula is C22H25FN4O5S. The largest absolute Gasteiger partial charge is 0.431 e. The van der Waals surface area contributed by atoms with Gasteiger partial charge in [0, 0.05) is 18.8 Å². The summed E-state index contributed by atoms with van der Waals surface area (Å²) in [5.74, 6) is -0.935. The number of oxazole rings is 1. The molecule has 1 aromatic carbocycles. The molecule has 2 saturated heterocycles. The average Bonchev–Trinajstić information content (AvgIpc) is 3.57. The number of aromatic nitrogens is 1. The van der Waals surface area contributed by atoms with Gasteiger partial charge in [0.2, 0.25) is 0 Å². The van der Waals surface area contributed by atoms with Crippen molar-refractivity contribution in [3.8, 4) is 0 Å². The molecule has 2 atom stereocenters. The Morgan fingerprint density at radius 3 is 2.27 bits per heavy atom. The molecule has 0 saturated carbocycles. The molecule has 11 heteroatoms. The maximum absolute atomic E-state index is 14.9. The van der Waals surface area contributed by atoms with Crippen molar-refractivity contribution in [1.82, 2.24) is 14.0 Å². The third-order valence-corrected chi connectivity index (χ3v) is 8.53. The summed E-state index contributed by atoms with van der Waals surface area (Å²) in [5.41, 5.74) is 4.08. The molecule has 176 valence electrons. The van der Waals surface area contributed by atoms with Gasteiger partial charge in [0.1, 0.15) is 12.1 Å². The van der Waals surface area contributed by atoms with Crippen LogP contribution in [0.2, 0.25) is 0 Å². The van der Waals surface area contributed by atoms with Crippen molar-refractivity contribution < 1.29 is 26.8 Å². The van der Waals surface area contributed by atoms with Crippen molar-refractivity contribution in [2.24, 2.45) is 0 Å². The third kappa shape index (κ3) is 3.62. The van der Waals surface area contributed by atoms with Crippen LogP contribution in [0.25, 0.3) is 0 Å². The number of carbonyl (C=O) groups is 1. The Hall–Kier alpha value is -2.50. The van der Waals surface area contributed by atoms with E-state index < -0.39 is 16.1 Å². The standard InChI is InChI=1S/C22H25FN4O5S/c23-19-14-3-1-5-16(14)20(17-6-2-4-15(17)19)25-22-24-18(11-31-22)21(28)26-33(29,30)27-9-12-7-8-13(10-27)32-12/h11-13H,1-10H2,(H,24,25)(H,26,28). The Morgan fingerprint density at radius 2 is 1.64 bits per heavy atom. The highest BCUT2D eigenvalue weighted by molar-refractivity contribution is 7.87. The Morgan fingerprint density at radius 1 is 1.03 bits per heavy atom. The van der Waals surface area contributed by atoms with Crippen LogP contribution in [-0.2, 0) is 40.6 Å². The fourth-order valence-electron chi connectivity index (χ4n) is 5.59. The van der Waals surface area contributed by atoms with Crippen molar-refractivity contribution in [3.05, 3.63) is 40.0 Å². The minimum Gasteiger partial charge on any atom is -0.431 e. The molecule has 1 amide bonds. The number of hydrogen-bond donors (Lipinski definition) is 2. The van der Waals surface area contributed by atoms with Gasteiger partial charge in [0.25, 0.3) is 11.9 Å². The molecule has 2 fully saturated rings. The highest BCUT2D eigenvalue weighted by Crippen LogP contribution is 2.42. The van der Waals surface area contributed by atoms with Gasteiger partial charge < -0.3 is 14.5 Å². The van der Waals surface area contributed by atoms with E-state index in [0.29, 0.717) is 12.8 Å². The molecule has 33 heavy (non-hydrogen) atoms. The van der Waals surface area contributed by atoms with Crippen LogP contribution in [-0.4, -0.2) is 48.9 Å². The summed E-state index contributed by atoms with van der Waals surface area (Å²) in [6.07, 6.45) is 7.27. The topological polar surface area (TPSA) is 114 Å². The van der Waals surface area contributed by atoms with Gasteiger partial charge in [-0.1, -0.05) is 0 Å². The van der Waals surface area contributed by atoms with E-state index in [0.717, 1.165) is 72.7 Å². The quantitative estimate of drug-likeness (QED) is 0.681. The smallest absolute Gasteiger partial charge is 0.304 e. The van der Waals surface area contributed by atoms with E-state index in [1.807, 2.05) is 0 Å². The summed E-state index contributed by atoms with van der Waals surface area (Å²) >= 11 is 0. The minimum absolute atomic E-state index is 0.0743. The molecule has 9 nitrogen and oxygen atoms in total. The SMILES string of the molecule is O=C(NS(=O)(=O)N1CC2CCC(C1)O2)c1coc(Nc2c3c(c(F)c4c2CCC4)CCC3)n1. The molecule has 2 aliphatic heterocycles. The molecule has 0 radical (unpaired) electrons. The zero-order valence-corrected chi connectivity index (χ0v) is 18.8. The first-order chi connectivity index (χ1) is 15.9. The van der Waals surface area contributed by atoms with Crippen LogP contribution in [0.3, 0.4) is 0 Å². The van der Waals surface area contributed by atoms with E-state index in [1.165, 1.54) is 4.31 Å². The van der Waals surface area contributed by atoms with Crippen LogP contribution in [0.15, 0.2) is 10.7 Å². The van der Waals surface area contributed by atoms with Crippen LogP contribution in [0.4, 0.5) is 16.1 Å². The van der Waals surface area contributed by atoms with Crippen LogP contribution >= 0.6 is 0 Å². The predicted molar refractivity (Wildman–Crippen MR) is 116 cm³/mol. The highest BCUT2D eigenvalue weighted by Gasteiger charge is 2.39. The molecule has 2 unspecified atom stereocenters. The van der Waals surface area contributed by atoms with E-state index in [2.05, 4.69) is 15.0 Å². The lowest BCUT2D eigenvalue weighted by molar-refractivity contribution is -0.0117. The number of fused-ring (bicyclic) bond motifs is 4. The van der Waals surface area contributed by atoms with E-state index in [9.17, 15) is 17.6 Å². The Balaban J connectivity index is 1.20. The molecule has 1 aromatic heterocycles. The second kappa shape index (κ2) is 7.78. The third-order valence-electron chi connectivity index (χ3n) is 7.11. The van der Waals surface area contributed by atoms with Crippen molar-refractivity contribution >= 4 is 27.8 Å². The second-order valence-electron chi connectivity index (χ2n) is 9.18. The Bertz CT molecular complexity index is 1200. The lowest BCUT2D eigenvalue weighted by atomic mass is 9.98. The Kier molecular flexibility index (Phi) is 4.96. The lowest BCUT2D eigenvalue weighted by Crippen LogP contribution is -2.51. The maximum Gasteiger partial charge on any atom is 0.304 e. The molecule has 2 aromatic rings. The first-order valence-electron chi connectivity index (χ1n) is 11.4. The molecule has 2 N–H and O–H groups in total. The number of hydrogen-bond acceptors (Lipinski definition) is 7. The van der Waals surface area contributed by atoms with Gasteiger partial charge in [-0.15, -0.1) is 0 Å². The number of ether oxygens (including phenoxy) is 1. The van der Waals surface area contributed by atoms with Gasteiger partial charge in [-0.05, 0) is 73.6 Å². The normalized spacial score (nSPS) is 24.0. The zero-order chi connectivity index (χ0) is 22.7. The van der Waals surface area contributed by atoms with Crippen LogP contribution in [0, 0.1) is 5.82 Å². The summed E-state index contributed by atoms with van der Waals surface area (Å²) in [6, 6.07) is 0.0803. The first kappa shape index (κ1) is 21.1. The number of amides is 1. The zero-order valence-electron chi connectivity index (χ0n) is 18.0.